The normalized spacial score (nSPS) is 18.7. The number of hydrogen-bond acceptors (Lipinski definition) is 2. The summed E-state index contributed by atoms with van der Waals surface area (Å²) in [4.78, 5) is 3.60. The lowest BCUT2D eigenvalue weighted by Gasteiger charge is -2.22. The Balaban J connectivity index is 2.17. The van der Waals surface area contributed by atoms with Crippen molar-refractivity contribution >= 4 is 11.3 Å². The van der Waals surface area contributed by atoms with Crippen molar-refractivity contribution in [2.24, 2.45) is 0 Å². The number of rotatable bonds is 1. The maximum Gasteiger partial charge on any atom is 0.434 e. The van der Waals surface area contributed by atoms with E-state index in [0.717, 1.165) is 36.0 Å². The molecule has 1 nitrogen and oxygen atoms in total. The summed E-state index contributed by atoms with van der Waals surface area (Å²) in [6.45, 7) is 0. The van der Waals surface area contributed by atoms with Crippen molar-refractivity contribution in [2.45, 2.75) is 31.4 Å². The third-order valence-electron chi connectivity index (χ3n) is 2.27. The van der Waals surface area contributed by atoms with E-state index in [1.165, 1.54) is 0 Å². The summed E-state index contributed by atoms with van der Waals surface area (Å²) in [6.07, 6.45) is -1.18. The third kappa shape index (κ3) is 1.70. The third-order valence-corrected chi connectivity index (χ3v) is 3.27. The van der Waals surface area contributed by atoms with Crippen LogP contribution in [0.4, 0.5) is 13.2 Å². The van der Waals surface area contributed by atoms with Crippen molar-refractivity contribution in [3.05, 3.63) is 16.1 Å². The average molecular weight is 207 g/mol. The second kappa shape index (κ2) is 2.97. The van der Waals surface area contributed by atoms with Crippen molar-refractivity contribution in [1.29, 1.82) is 0 Å². The van der Waals surface area contributed by atoms with Gasteiger partial charge in [0.05, 0.1) is 5.01 Å². The number of thiazole rings is 1. The Kier molecular flexibility index (Phi) is 2.06. The van der Waals surface area contributed by atoms with E-state index in [9.17, 15) is 13.2 Å². The molecule has 0 bridgehead atoms. The van der Waals surface area contributed by atoms with Gasteiger partial charge >= 0.3 is 6.18 Å². The first-order chi connectivity index (χ1) is 6.07. The average Bonchev–Trinajstić information content (AvgIpc) is 2.29. The van der Waals surface area contributed by atoms with Crippen molar-refractivity contribution in [3.63, 3.8) is 0 Å². The van der Waals surface area contributed by atoms with E-state index in [4.69, 9.17) is 0 Å². The molecule has 0 aromatic carbocycles. The highest BCUT2D eigenvalue weighted by atomic mass is 32.1. The van der Waals surface area contributed by atoms with E-state index in [1.807, 2.05) is 0 Å². The van der Waals surface area contributed by atoms with Gasteiger partial charge in [-0.3, -0.25) is 0 Å². The monoisotopic (exact) mass is 207 g/mol. The zero-order valence-electron chi connectivity index (χ0n) is 6.77. The van der Waals surface area contributed by atoms with Crippen LogP contribution in [0.15, 0.2) is 5.38 Å². The lowest BCUT2D eigenvalue weighted by molar-refractivity contribution is -0.140. The lowest BCUT2D eigenvalue weighted by atomic mass is 9.86. The maximum absolute atomic E-state index is 12.1. The van der Waals surface area contributed by atoms with E-state index in [2.05, 4.69) is 4.98 Å². The predicted octanol–water partition coefficient (Wildman–Crippen LogP) is 3.43. The summed E-state index contributed by atoms with van der Waals surface area (Å²) in [5.74, 6) is 0.293. The minimum Gasteiger partial charge on any atom is -0.236 e. The van der Waals surface area contributed by atoms with Crippen molar-refractivity contribution in [2.75, 3.05) is 0 Å². The summed E-state index contributed by atoms with van der Waals surface area (Å²) in [7, 11) is 0. The number of alkyl halides is 3. The van der Waals surface area contributed by atoms with Gasteiger partial charge in [0, 0.05) is 11.3 Å². The van der Waals surface area contributed by atoms with Crippen LogP contribution in [0.1, 0.15) is 35.9 Å². The summed E-state index contributed by atoms with van der Waals surface area (Å²) >= 11 is 1.13. The van der Waals surface area contributed by atoms with Crippen LogP contribution in [0, 0.1) is 0 Å². The van der Waals surface area contributed by atoms with Gasteiger partial charge in [-0.05, 0) is 12.8 Å². The van der Waals surface area contributed by atoms with Crippen molar-refractivity contribution < 1.29 is 13.2 Å². The quantitative estimate of drug-likeness (QED) is 0.687. The first-order valence-corrected chi connectivity index (χ1v) is 4.98. The smallest absolute Gasteiger partial charge is 0.236 e. The van der Waals surface area contributed by atoms with Crippen LogP contribution >= 0.6 is 11.3 Å². The van der Waals surface area contributed by atoms with Gasteiger partial charge in [0.1, 0.15) is 0 Å². The van der Waals surface area contributed by atoms with E-state index in [0.29, 0.717) is 10.9 Å². The molecule has 0 aliphatic heterocycles. The van der Waals surface area contributed by atoms with Gasteiger partial charge in [-0.2, -0.15) is 13.2 Å². The van der Waals surface area contributed by atoms with Gasteiger partial charge < -0.3 is 0 Å². The van der Waals surface area contributed by atoms with E-state index in [1.54, 1.807) is 0 Å². The Labute approximate surface area is 77.6 Å². The molecule has 0 saturated heterocycles. The molecule has 1 aliphatic rings. The SMILES string of the molecule is FC(F)(F)c1csc(C2CCC2)n1. The molecule has 13 heavy (non-hydrogen) atoms. The highest BCUT2D eigenvalue weighted by Gasteiger charge is 2.35. The fourth-order valence-corrected chi connectivity index (χ4v) is 2.26. The molecule has 1 aromatic rings. The van der Waals surface area contributed by atoms with Crippen LogP contribution in [0.3, 0.4) is 0 Å². The van der Waals surface area contributed by atoms with E-state index >= 15 is 0 Å². The molecular weight excluding hydrogens is 199 g/mol. The first kappa shape index (κ1) is 8.99. The molecule has 1 fully saturated rings. The number of nitrogens with zero attached hydrogens (tertiary/aromatic N) is 1. The fourth-order valence-electron chi connectivity index (χ4n) is 1.26. The van der Waals surface area contributed by atoms with Crippen LogP contribution in [-0.4, -0.2) is 4.98 Å². The molecule has 0 amide bonds. The standard InChI is InChI=1S/C8H8F3NS/c9-8(10,11)6-4-13-7(12-6)5-2-1-3-5/h4-5H,1-3H2. The molecular formula is C8H8F3NS. The zero-order valence-corrected chi connectivity index (χ0v) is 7.58. The minimum absolute atomic E-state index is 0.293. The Morgan fingerprint density at radius 2 is 2.08 bits per heavy atom. The summed E-state index contributed by atoms with van der Waals surface area (Å²) in [6, 6.07) is 0. The molecule has 1 heterocycles. The first-order valence-electron chi connectivity index (χ1n) is 4.10. The number of halogens is 3. The molecule has 0 unspecified atom stereocenters. The predicted molar refractivity (Wildman–Crippen MR) is 43.7 cm³/mol. The second-order valence-corrected chi connectivity index (χ2v) is 4.09. The highest BCUT2D eigenvalue weighted by molar-refractivity contribution is 7.09. The molecule has 0 radical (unpaired) electrons. The van der Waals surface area contributed by atoms with Gasteiger partial charge in [0.25, 0.3) is 0 Å². The van der Waals surface area contributed by atoms with Crippen molar-refractivity contribution in [3.8, 4) is 0 Å². The van der Waals surface area contributed by atoms with Crippen LogP contribution in [-0.2, 0) is 6.18 Å². The molecule has 0 N–H and O–H groups in total. The molecule has 72 valence electrons. The van der Waals surface area contributed by atoms with Gasteiger partial charge in [-0.1, -0.05) is 6.42 Å². The van der Waals surface area contributed by atoms with Gasteiger partial charge in [0.2, 0.25) is 0 Å². The Morgan fingerprint density at radius 3 is 2.46 bits per heavy atom. The highest BCUT2D eigenvalue weighted by Crippen LogP contribution is 2.40. The number of aromatic nitrogens is 1. The van der Waals surface area contributed by atoms with E-state index in [-0.39, 0.29) is 0 Å². The number of hydrogen-bond donors (Lipinski definition) is 0. The van der Waals surface area contributed by atoms with Crippen LogP contribution in [0.25, 0.3) is 0 Å². The molecule has 1 saturated carbocycles. The van der Waals surface area contributed by atoms with Crippen molar-refractivity contribution in [1.82, 2.24) is 4.98 Å². The zero-order chi connectivity index (χ0) is 9.47. The minimum atomic E-state index is -4.28. The molecule has 0 atom stereocenters. The summed E-state index contributed by atoms with van der Waals surface area (Å²) in [5.41, 5.74) is -0.737. The Morgan fingerprint density at radius 1 is 1.38 bits per heavy atom. The summed E-state index contributed by atoms with van der Waals surface area (Å²) < 4.78 is 36.4. The molecule has 1 aromatic heterocycles. The summed E-state index contributed by atoms with van der Waals surface area (Å²) in [5, 5.41) is 1.76. The molecule has 2 rings (SSSR count). The maximum atomic E-state index is 12.1. The molecule has 5 heteroatoms. The van der Waals surface area contributed by atoms with Gasteiger partial charge in [-0.25, -0.2) is 4.98 Å². The largest absolute Gasteiger partial charge is 0.434 e. The Bertz CT molecular complexity index is 301. The van der Waals surface area contributed by atoms with E-state index < -0.39 is 11.9 Å². The van der Waals surface area contributed by atoms with Gasteiger partial charge in [0.15, 0.2) is 5.69 Å². The topological polar surface area (TPSA) is 12.9 Å². The molecule has 1 aliphatic carbocycles. The second-order valence-electron chi connectivity index (χ2n) is 3.20. The van der Waals surface area contributed by atoms with Crippen LogP contribution in [0.2, 0.25) is 0 Å². The Hall–Kier alpha value is -0.580. The fraction of sp³-hybridized carbons (Fsp3) is 0.625. The molecule has 0 spiro atoms. The van der Waals surface area contributed by atoms with Crippen LogP contribution < -0.4 is 0 Å². The lowest BCUT2D eigenvalue weighted by Crippen LogP contribution is -2.10. The van der Waals surface area contributed by atoms with Gasteiger partial charge in [-0.15, -0.1) is 11.3 Å². The van der Waals surface area contributed by atoms with Crippen LogP contribution in [0.5, 0.6) is 0 Å².